The lowest BCUT2D eigenvalue weighted by molar-refractivity contribution is -0.235. The maximum atomic E-state index is 10.9. The number of ether oxygens (including phenoxy) is 2. The van der Waals surface area contributed by atoms with Gasteiger partial charge in [-0.25, -0.2) is 0 Å². The molecule has 1 rings (SSSR count). The van der Waals surface area contributed by atoms with Gasteiger partial charge in [0.2, 0.25) is 0 Å². The zero-order valence-electron chi connectivity index (χ0n) is 9.92. The van der Waals surface area contributed by atoms with Gasteiger partial charge in [-0.3, -0.25) is 4.55 Å². The molecule has 96 valence electrons. The molecular weight excluding hydrogens is 232 g/mol. The average Bonchev–Trinajstić information content (AvgIpc) is 2.15. The fraction of sp³-hybridized carbons (Fsp3) is 1.00. The molecule has 0 saturated carbocycles. The van der Waals surface area contributed by atoms with Crippen LogP contribution in [0.15, 0.2) is 0 Å². The minimum absolute atomic E-state index is 0.113. The van der Waals surface area contributed by atoms with Gasteiger partial charge in [-0.1, -0.05) is 6.92 Å². The van der Waals surface area contributed by atoms with Crippen LogP contribution in [0.3, 0.4) is 0 Å². The van der Waals surface area contributed by atoms with Crippen LogP contribution in [0.1, 0.15) is 40.0 Å². The maximum absolute atomic E-state index is 10.9. The first-order valence-corrected chi connectivity index (χ1v) is 7.10. The third-order valence-electron chi connectivity index (χ3n) is 2.85. The van der Waals surface area contributed by atoms with Gasteiger partial charge in [0.1, 0.15) is 0 Å². The van der Waals surface area contributed by atoms with Crippen molar-refractivity contribution in [3.63, 3.8) is 0 Å². The van der Waals surface area contributed by atoms with E-state index in [-0.39, 0.29) is 18.5 Å². The van der Waals surface area contributed by atoms with E-state index in [2.05, 4.69) is 0 Å². The molecule has 1 fully saturated rings. The first-order chi connectivity index (χ1) is 7.32. The monoisotopic (exact) mass is 252 g/mol. The second-order valence-corrected chi connectivity index (χ2v) is 6.12. The minimum atomic E-state index is -3.96. The highest BCUT2D eigenvalue weighted by Gasteiger charge is 2.30. The predicted octanol–water partition coefficient (Wildman–Crippen LogP) is 1.58. The fourth-order valence-corrected chi connectivity index (χ4v) is 2.34. The molecule has 0 spiro atoms. The van der Waals surface area contributed by atoms with E-state index in [1.165, 1.54) is 6.92 Å². The molecule has 6 heteroatoms. The molecule has 0 amide bonds. The molecule has 1 aliphatic rings. The molecule has 0 bridgehead atoms. The van der Waals surface area contributed by atoms with E-state index in [1.54, 1.807) is 6.92 Å². The molecular formula is C10H20O5S. The van der Waals surface area contributed by atoms with E-state index in [1.807, 2.05) is 6.92 Å². The lowest BCUT2D eigenvalue weighted by atomic mass is 10.0. The molecule has 1 heterocycles. The smallest absolute Gasteiger partial charge is 0.267 e. The zero-order valence-corrected chi connectivity index (χ0v) is 10.7. The SMILES string of the molecule is CCC1CC(CC(C)S(=O)(=O)O)OC(C)O1. The van der Waals surface area contributed by atoms with Crippen molar-refractivity contribution in [2.24, 2.45) is 0 Å². The van der Waals surface area contributed by atoms with Crippen LogP contribution in [-0.2, 0) is 19.6 Å². The zero-order chi connectivity index (χ0) is 12.3. The Morgan fingerprint density at radius 3 is 2.44 bits per heavy atom. The largest absolute Gasteiger partial charge is 0.350 e. The minimum Gasteiger partial charge on any atom is -0.350 e. The van der Waals surface area contributed by atoms with Crippen LogP contribution in [-0.4, -0.2) is 36.7 Å². The van der Waals surface area contributed by atoms with Gasteiger partial charge in [0.25, 0.3) is 10.1 Å². The number of rotatable bonds is 4. The van der Waals surface area contributed by atoms with Gasteiger partial charge >= 0.3 is 0 Å². The molecule has 0 aromatic carbocycles. The summed E-state index contributed by atoms with van der Waals surface area (Å²) in [6.45, 7) is 5.30. The summed E-state index contributed by atoms with van der Waals surface area (Å²) >= 11 is 0. The molecule has 0 aromatic heterocycles. The van der Waals surface area contributed by atoms with Crippen molar-refractivity contribution < 1.29 is 22.4 Å². The summed E-state index contributed by atoms with van der Waals surface area (Å²) in [5.41, 5.74) is 0. The topological polar surface area (TPSA) is 72.8 Å². The number of hydrogen-bond donors (Lipinski definition) is 1. The molecule has 4 atom stereocenters. The van der Waals surface area contributed by atoms with Crippen LogP contribution in [0.4, 0.5) is 0 Å². The van der Waals surface area contributed by atoms with Gasteiger partial charge < -0.3 is 9.47 Å². The quantitative estimate of drug-likeness (QED) is 0.769. The van der Waals surface area contributed by atoms with Crippen molar-refractivity contribution in [2.45, 2.75) is 63.8 Å². The second-order valence-electron chi connectivity index (χ2n) is 4.29. The van der Waals surface area contributed by atoms with E-state index >= 15 is 0 Å². The van der Waals surface area contributed by atoms with E-state index in [0.717, 1.165) is 6.42 Å². The van der Waals surface area contributed by atoms with E-state index < -0.39 is 15.4 Å². The highest BCUT2D eigenvalue weighted by Crippen LogP contribution is 2.24. The summed E-state index contributed by atoms with van der Waals surface area (Å²) in [5.74, 6) is 0. The Balaban J connectivity index is 2.54. The summed E-state index contributed by atoms with van der Waals surface area (Å²) in [6.07, 6.45) is 1.51. The molecule has 1 saturated heterocycles. The van der Waals surface area contributed by atoms with Crippen molar-refractivity contribution in [1.82, 2.24) is 0 Å². The average molecular weight is 252 g/mol. The summed E-state index contributed by atoms with van der Waals surface area (Å²) in [4.78, 5) is 0. The van der Waals surface area contributed by atoms with Crippen LogP contribution in [0.5, 0.6) is 0 Å². The molecule has 5 nitrogen and oxygen atoms in total. The molecule has 0 radical (unpaired) electrons. The first-order valence-electron chi connectivity index (χ1n) is 5.60. The van der Waals surface area contributed by atoms with E-state index in [4.69, 9.17) is 14.0 Å². The van der Waals surface area contributed by atoms with Gasteiger partial charge in [-0.2, -0.15) is 8.42 Å². The van der Waals surface area contributed by atoms with Gasteiger partial charge in [0.05, 0.1) is 17.5 Å². The summed E-state index contributed by atoms with van der Waals surface area (Å²) in [6, 6.07) is 0. The Labute approximate surface area is 96.9 Å². The van der Waals surface area contributed by atoms with Crippen LogP contribution >= 0.6 is 0 Å². The molecule has 0 aliphatic carbocycles. The van der Waals surface area contributed by atoms with Gasteiger partial charge in [0.15, 0.2) is 6.29 Å². The highest BCUT2D eigenvalue weighted by atomic mass is 32.2. The highest BCUT2D eigenvalue weighted by molar-refractivity contribution is 7.86. The van der Waals surface area contributed by atoms with Gasteiger partial charge in [-0.05, 0) is 26.7 Å². The van der Waals surface area contributed by atoms with Crippen LogP contribution in [0.25, 0.3) is 0 Å². The summed E-state index contributed by atoms with van der Waals surface area (Å²) in [7, 11) is -3.96. The lowest BCUT2D eigenvalue weighted by Gasteiger charge is -2.34. The van der Waals surface area contributed by atoms with Gasteiger partial charge in [0, 0.05) is 6.42 Å². The van der Waals surface area contributed by atoms with Crippen molar-refractivity contribution in [3.8, 4) is 0 Å². The lowest BCUT2D eigenvalue weighted by Crippen LogP contribution is -2.38. The molecule has 16 heavy (non-hydrogen) atoms. The Morgan fingerprint density at radius 1 is 1.38 bits per heavy atom. The summed E-state index contributed by atoms with van der Waals surface area (Å²) < 4.78 is 41.7. The normalized spacial score (nSPS) is 33.6. The van der Waals surface area contributed by atoms with Crippen molar-refractivity contribution >= 4 is 10.1 Å². The Hall–Kier alpha value is -0.170. The molecule has 1 aliphatic heterocycles. The van der Waals surface area contributed by atoms with Crippen LogP contribution in [0.2, 0.25) is 0 Å². The Kier molecular flexibility index (Phi) is 4.73. The van der Waals surface area contributed by atoms with Gasteiger partial charge in [-0.15, -0.1) is 0 Å². The van der Waals surface area contributed by atoms with Crippen LogP contribution in [0, 0.1) is 0 Å². The summed E-state index contributed by atoms with van der Waals surface area (Å²) in [5, 5.41) is -0.791. The Bertz CT molecular complexity index is 313. The van der Waals surface area contributed by atoms with Crippen molar-refractivity contribution in [3.05, 3.63) is 0 Å². The third-order valence-corrected chi connectivity index (χ3v) is 4.06. The fourth-order valence-electron chi connectivity index (χ4n) is 1.88. The van der Waals surface area contributed by atoms with Crippen LogP contribution < -0.4 is 0 Å². The maximum Gasteiger partial charge on any atom is 0.267 e. The third kappa shape index (κ3) is 4.01. The van der Waals surface area contributed by atoms with Crippen molar-refractivity contribution in [2.75, 3.05) is 0 Å². The van der Waals surface area contributed by atoms with E-state index in [0.29, 0.717) is 12.8 Å². The standard InChI is InChI=1S/C10H20O5S/c1-4-9-6-10(15-8(3)14-9)5-7(2)16(11,12)13/h7-10H,4-6H2,1-3H3,(H,11,12,13). The second kappa shape index (κ2) is 5.44. The van der Waals surface area contributed by atoms with Crippen molar-refractivity contribution in [1.29, 1.82) is 0 Å². The Morgan fingerprint density at radius 2 is 1.94 bits per heavy atom. The number of hydrogen-bond acceptors (Lipinski definition) is 4. The molecule has 1 N–H and O–H groups in total. The predicted molar refractivity (Wildman–Crippen MR) is 59.7 cm³/mol. The molecule has 0 aromatic rings. The first kappa shape index (κ1) is 13.9. The molecule has 4 unspecified atom stereocenters. The van der Waals surface area contributed by atoms with E-state index in [9.17, 15) is 8.42 Å².